The van der Waals surface area contributed by atoms with Gasteiger partial charge in [0.25, 0.3) is 0 Å². The average Bonchev–Trinajstić information content (AvgIpc) is 3.38. The SMILES string of the molecule is CCNC(=NCCc1nc(C(C)C)no1)N(C)Cc1cnn(-c2ccccc2)c1.I. The van der Waals surface area contributed by atoms with Crippen LogP contribution >= 0.6 is 24.0 Å². The Bertz CT molecular complexity index is 920. The highest BCUT2D eigenvalue weighted by Gasteiger charge is 2.11. The monoisotopic (exact) mass is 523 g/mol. The van der Waals surface area contributed by atoms with Gasteiger partial charge in [-0.15, -0.1) is 24.0 Å². The second kappa shape index (κ2) is 11.7. The molecule has 9 heteroatoms. The van der Waals surface area contributed by atoms with Gasteiger partial charge < -0.3 is 14.7 Å². The highest BCUT2D eigenvalue weighted by atomic mass is 127. The van der Waals surface area contributed by atoms with E-state index in [1.165, 1.54) is 0 Å². The van der Waals surface area contributed by atoms with Crippen LogP contribution in [0, 0.1) is 0 Å². The van der Waals surface area contributed by atoms with Crippen molar-refractivity contribution >= 4 is 29.9 Å². The molecule has 0 bridgehead atoms. The van der Waals surface area contributed by atoms with Gasteiger partial charge in [-0.3, -0.25) is 4.99 Å². The fourth-order valence-corrected chi connectivity index (χ4v) is 2.84. The van der Waals surface area contributed by atoms with Gasteiger partial charge in [0.15, 0.2) is 11.8 Å². The van der Waals surface area contributed by atoms with E-state index in [0.717, 1.165) is 29.6 Å². The van der Waals surface area contributed by atoms with E-state index in [0.29, 0.717) is 25.4 Å². The molecule has 8 nitrogen and oxygen atoms in total. The molecule has 0 atom stereocenters. The molecule has 0 saturated carbocycles. The van der Waals surface area contributed by atoms with Gasteiger partial charge in [-0.2, -0.15) is 10.1 Å². The second-order valence-electron chi connectivity index (χ2n) is 7.17. The predicted molar refractivity (Wildman–Crippen MR) is 129 cm³/mol. The van der Waals surface area contributed by atoms with E-state index in [1.807, 2.05) is 68.3 Å². The summed E-state index contributed by atoms with van der Waals surface area (Å²) in [4.78, 5) is 11.2. The van der Waals surface area contributed by atoms with Crippen molar-refractivity contribution < 1.29 is 4.52 Å². The van der Waals surface area contributed by atoms with E-state index in [1.54, 1.807) is 0 Å². The van der Waals surface area contributed by atoms with Crippen LogP contribution < -0.4 is 5.32 Å². The summed E-state index contributed by atoms with van der Waals surface area (Å²) >= 11 is 0. The third-order valence-electron chi connectivity index (χ3n) is 4.36. The summed E-state index contributed by atoms with van der Waals surface area (Å²) in [6.45, 7) is 8.23. The number of benzene rings is 1. The number of nitrogens with one attached hydrogen (secondary N) is 1. The summed E-state index contributed by atoms with van der Waals surface area (Å²) in [6, 6.07) is 10.1. The van der Waals surface area contributed by atoms with Crippen molar-refractivity contribution in [1.82, 2.24) is 30.1 Å². The Morgan fingerprint density at radius 1 is 1.27 bits per heavy atom. The number of hydrogen-bond donors (Lipinski definition) is 1. The first-order valence-electron chi connectivity index (χ1n) is 9.97. The van der Waals surface area contributed by atoms with Crippen molar-refractivity contribution in [2.45, 2.75) is 39.7 Å². The van der Waals surface area contributed by atoms with E-state index < -0.39 is 0 Å². The van der Waals surface area contributed by atoms with Crippen LogP contribution in [0.3, 0.4) is 0 Å². The first-order chi connectivity index (χ1) is 14.1. The minimum atomic E-state index is 0. The number of nitrogens with zero attached hydrogens (tertiary/aromatic N) is 6. The summed E-state index contributed by atoms with van der Waals surface area (Å²) in [5, 5.41) is 11.8. The Labute approximate surface area is 194 Å². The molecule has 0 spiro atoms. The van der Waals surface area contributed by atoms with Gasteiger partial charge >= 0.3 is 0 Å². The van der Waals surface area contributed by atoms with Crippen LogP contribution in [0.5, 0.6) is 0 Å². The normalized spacial score (nSPS) is 11.4. The van der Waals surface area contributed by atoms with Crippen LogP contribution in [0.1, 0.15) is 44.0 Å². The number of aliphatic imine (C=N–C) groups is 1. The van der Waals surface area contributed by atoms with Crippen LogP contribution in [0.25, 0.3) is 5.69 Å². The molecule has 0 aliphatic heterocycles. The quantitative estimate of drug-likeness (QED) is 0.276. The molecule has 1 aromatic carbocycles. The van der Waals surface area contributed by atoms with Gasteiger partial charge in [0.2, 0.25) is 5.89 Å². The van der Waals surface area contributed by atoms with Crippen LogP contribution in [0.15, 0.2) is 52.2 Å². The van der Waals surface area contributed by atoms with Crippen LogP contribution in [-0.4, -0.2) is 50.9 Å². The van der Waals surface area contributed by atoms with Crippen molar-refractivity contribution in [3.05, 3.63) is 60.0 Å². The molecule has 0 aliphatic carbocycles. The van der Waals surface area contributed by atoms with Crippen molar-refractivity contribution in [2.24, 2.45) is 4.99 Å². The molecule has 0 radical (unpaired) electrons. The Kier molecular flexibility index (Phi) is 9.28. The molecule has 0 saturated heterocycles. The van der Waals surface area contributed by atoms with Gasteiger partial charge in [0.1, 0.15) is 0 Å². The number of halogens is 1. The van der Waals surface area contributed by atoms with E-state index >= 15 is 0 Å². The Morgan fingerprint density at radius 2 is 2.03 bits per heavy atom. The topological polar surface area (TPSA) is 84.4 Å². The lowest BCUT2D eigenvalue weighted by Crippen LogP contribution is -2.38. The summed E-state index contributed by atoms with van der Waals surface area (Å²) in [6.07, 6.45) is 4.55. The predicted octanol–water partition coefficient (Wildman–Crippen LogP) is 3.64. The molecule has 0 amide bonds. The molecule has 30 heavy (non-hydrogen) atoms. The molecule has 0 fully saturated rings. The Balaban J connectivity index is 0.00000320. The molecule has 2 aromatic heterocycles. The van der Waals surface area contributed by atoms with Crippen molar-refractivity contribution in [2.75, 3.05) is 20.1 Å². The third-order valence-corrected chi connectivity index (χ3v) is 4.36. The van der Waals surface area contributed by atoms with Crippen molar-refractivity contribution in [1.29, 1.82) is 0 Å². The van der Waals surface area contributed by atoms with Gasteiger partial charge in [-0.05, 0) is 19.1 Å². The molecule has 0 unspecified atom stereocenters. The van der Waals surface area contributed by atoms with E-state index in [4.69, 9.17) is 9.52 Å². The summed E-state index contributed by atoms with van der Waals surface area (Å²) in [5.41, 5.74) is 2.16. The van der Waals surface area contributed by atoms with Crippen molar-refractivity contribution in [3.8, 4) is 5.69 Å². The summed E-state index contributed by atoms with van der Waals surface area (Å²) in [5.74, 6) is 2.46. The third kappa shape index (κ3) is 6.54. The molecule has 3 aromatic rings. The zero-order valence-corrected chi connectivity index (χ0v) is 20.3. The molecular formula is C21H30IN7O. The zero-order valence-electron chi connectivity index (χ0n) is 17.9. The molecule has 2 heterocycles. The second-order valence-corrected chi connectivity index (χ2v) is 7.17. The lowest BCUT2D eigenvalue weighted by Gasteiger charge is -2.21. The fourth-order valence-electron chi connectivity index (χ4n) is 2.84. The number of guanidine groups is 1. The minimum Gasteiger partial charge on any atom is -0.357 e. The molecule has 162 valence electrons. The largest absolute Gasteiger partial charge is 0.357 e. The highest BCUT2D eigenvalue weighted by molar-refractivity contribution is 14.0. The number of hydrogen-bond acceptors (Lipinski definition) is 5. The maximum Gasteiger partial charge on any atom is 0.228 e. The lowest BCUT2D eigenvalue weighted by molar-refractivity contribution is 0.372. The minimum absolute atomic E-state index is 0. The number of rotatable bonds is 8. The van der Waals surface area contributed by atoms with Gasteiger partial charge in [-0.1, -0.05) is 37.2 Å². The van der Waals surface area contributed by atoms with Gasteiger partial charge in [-0.25, -0.2) is 4.68 Å². The van der Waals surface area contributed by atoms with Crippen LogP contribution in [-0.2, 0) is 13.0 Å². The first kappa shape index (κ1) is 23.8. The molecular weight excluding hydrogens is 493 g/mol. The summed E-state index contributed by atoms with van der Waals surface area (Å²) < 4.78 is 7.18. The number of para-hydroxylation sites is 1. The molecule has 0 aliphatic rings. The van der Waals surface area contributed by atoms with Crippen molar-refractivity contribution in [3.63, 3.8) is 0 Å². The zero-order chi connectivity index (χ0) is 20.6. The van der Waals surface area contributed by atoms with E-state index in [-0.39, 0.29) is 29.9 Å². The smallest absolute Gasteiger partial charge is 0.228 e. The van der Waals surface area contributed by atoms with Crippen LogP contribution in [0.2, 0.25) is 0 Å². The van der Waals surface area contributed by atoms with E-state index in [2.05, 4.69) is 32.4 Å². The average molecular weight is 523 g/mol. The fraction of sp³-hybridized carbons (Fsp3) is 0.429. The Morgan fingerprint density at radius 3 is 2.70 bits per heavy atom. The van der Waals surface area contributed by atoms with E-state index in [9.17, 15) is 0 Å². The Hall–Kier alpha value is -2.43. The van der Waals surface area contributed by atoms with Gasteiger partial charge in [0.05, 0.1) is 18.4 Å². The number of aromatic nitrogens is 4. The summed E-state index contributed by atoms with van der Waals surface area (Å²) in [7, 11) is 2.02. The maximum absolute atomic E-state index is 5.29. The maximum atomic E-state index is 5.29. The van der Waals surface area contributed by atoms with Crippen LogP contribution in [0.4, 0.5) is 0 Å². The highest BCUT2D eigenvalue weighted by Crippen LogP contribution is 2.11. The lowest BCUT2D eigenvalue weighted by atomic mass is 10.2. The first-order valence-corrected chi connectivity index (χ1v) is 9.97. The molecule has 1 N–H and O–H groups in total. The van der Waals surface area contributed by atoms with Gasteiger partial charge in [0, 0.05) is 44.2 Å². The standard InChI is InChI=1S/C21H29N7O.HI/c1-5-22-21(23-12-11-19-25-20(16(2)3)26-29-19)27(4)14-17-13-24-28(15-17)18-9-7-6-8-10-18;/h6-10,13,15-16H,5,11-12,14H2,1-4H3,(H,22,23);1H. The molecule has 3 rings (SSSR count).